The minimum Gasteiger partial charge on any atom is -0.497 e. The van der Waals surface area contributed by atoms with Crippen molar-refractivity contribution in [2.45, 2.75) is 13.1 Å². The van der Waals surface area contributed by atoms with Crippen LogP contribution in [0.4, 0.5) is 4.79 Å². The molecule has 0 atom stereocenters. The molecule has 0 spiro atoms. The van der Waals surface area contributed by atoms with Gasteiger partial charge in [0.05, 0.1) is 18.8 Å². The maximum Gasteiger partial charge on any atom is 0.315 e. The molecule has 0 aliphatic heterocycles. The summed E-state index contributed by atoms with van der Waals surface area (Å²) < 4.78 is 6.89. The van der Waals surface area contributed by atoms with Crippen LogP contribution >= 0.6 is 0 Å². The molecule has 0 unspecified atom stereocenters. The first-order valence-corrected chi connectivity index (χ1v) is 7.32. The molecule has 0 aliphatic carbocycles. The van der Waals surface area contributed by atoms with E-state index < -0.39 is 0 Å². The number of hydrogen-bond donors (Lipinski definition) is 2. The number of aromatic nitrogens is 2. The quantitative estimate of drug-likeness (QED) is 0.760. The molecular weight excluding hydrogens is 292 g/mol. The second kappa shape index (κ2) is 6.83. The number of nitrogens with zero attached hydrogens (tertiary/aromatic N) is 2. The number of ether oxygens (including phenoxy) is 1. The van der Waals surface area contributed by atoms with Gasteiger partial charge in [0.1, 0.15) is 5.75 Å². The topological polar surface area (TPSA) is 67.7 Å². The fraction of sp³-hybridized carbons (Fsp3) is 0.176. The molecule has 2 N–H and O–H groups in total. The highest BCUT2D eigenvalue weighted by Crippen LogP contribution is 2.11. The van der Waals surface area contributed by atoms with Crippen molar-refractivity contribution in [3.8, 4) is 5.75 Å². The Morgan fingerprint density at radius 1 is 1.13 bits per heavy atom. The number of carbonyl (C=O) groups excluding carboxylic acids is 1. The van der Waals surface area contributed by atoms with E-state index in [4.69, 9.17) is 4.74 Å². The van der Waals surface area contributed by atoms with Gasteiger partial charge in [0.15, 0.2) is 0 Å². The Hall–Kier alpha value is -3.02. The second-order valence-corrected chi connectivity index (χ2v) is 5.08. The molecule has 118 valence electrons. The summed E-state index contributed by atoms with van der Waals surface area (Å²) in [5.41, 5.74) is 2.98. The molecule has 3 rings (SSSR count). The number of hydrogen-bond acceptors (Lipinski definition) is 3. The van der Waals surface area contributed by atoms with Gasteiger partial charge in [-0.2, -0.15) is 5.10 Å². The lowest BCUT2D eigenvalue weighted by molar-refractivity contribution is 0.240. The molecule has 2 amide bonds. The van der Waals surface area contributed by atoms with Crippen molar-refractivity contribution in [3.05, 3.63) is 66.0 Å². The lowest BCUT2D eigenvalue weighted by atomic mass is 10.2. The largest absolute Gasteiger partial charge is 0.497 e. The third kappa shape index (κ3) is 3.60. The smallest absolute Gasteiger partial charge is 0.315 e. The van der Waals surface area contributed by atoms with E-state index in [2.05, 4.69) is 15.7 Å². The van der Waals surface area contributed by atoms with E-state index in [9.17, 15) is 4.79 Å². The van der Waals surface area contributed by atoms with E-state index in [0.717, 1.165) is 22.4 Å². The van der Waals surface area contributed by atoms with Crippen LogP contribution in [0.5, 0.6) is 5.75 Å². The standard InChI is InChI=1S/C17H18N4O2/c1-23-15-7-5-13(6-8-15)10-18-17(22)19-11-14-12-20-21-9-3-2-4-16(14)21/h2-9,12H,10-11H2,1H3,(H2,18,19,22). The van der Waals surface area contributed by atoms with Crippen LogP contribution < -0.4 is 15.4 Å². The second-order valence-electron chi connectivity index (χ2n) is 5.08. The maximum absolute atomic E-state index is 11.9. The van der Waals surface area contributed by atoms with E-state index in [0.29, 0.717) is 13.1 Å². The summed E-state index contributed by atoms with van der Waals surface area (Å²) in [5.74, 6) is 0.797. The van der Waals surface area contributed by atoms with Crippen molar-refractivity contribution in [1.29, 1.82) is 0 Å². The number of methoxy groups -OCH3 is 1. The van der Waals surface area contributed by atoms with Gasteiger partial charge < -0.3 is 15.4 Å². The summed E-state index contributed by atoms with van der Waals surface area (Å²) >= 11 is 0. The van der Waals surface area contributed by atoms with Crippen molar-refractivity contribution in [3.63, 3.8) is 0 Å². The number of pyridine rings is 1. The van der Waals surface area contributed by atoms with Gasteiger partial charge in [-0.25, -0.2) is 9.31 Å². The third-order valence-corrected chi connectivity index (χ3v) is 3.56. The van der Waals surface area contributed by atoms with Gasteiger partial charge in [0.25, 0.3) is 0 Å². The first kappa shape index (κ1) is 14.9. The summed E-state index contributed by atoms with van der Waals surface area (Å²) in [7, 11) is 1.63. The van der Waals surface area contributed by atoms with Crippen LogP contribution in [0.25, 0.3) is 5.52 Å². The molecule has 0 aliphatic rings. The lowest BCUT2D eigenvalue weighted by Gasteiger charge is -2.08. The summed E-state index contributed by atoms with van der Waals surface area (Å²) in [6.45, 7) is 0.895. The van der Waals surface area contributed by atoms with Gasteiger partial charge in [0.2, 0.25) is 0 Å². The summed E-state index contributed by atoms with van der Waals surface area (Å²) in [4.78, 5) is 11.9. The van der Waals surface area contributed by atoms with Gasteiger partial charge in [0, 0.05) is 24.8 Å². The molecule has 0 saturated carbocycles. The highest BCUT2D eigenvalue weighted by molar-refractivity contribution is 5.74. The number of amides is 2. The van der Waals surface area contributed by atoms with Gasteiger partial charge in [-0.15, -0.1) is 0 Å². The molecule has 0 fully saturated rings. The number of fused-ring (bicyclic) bond motifs is 1. The molecule has 23 heavy (non-hydrogen) atoms. The average molecular weight is 310 g/mol. The average Bonchev–Trinajstić information content (AvgIpc) is 3.02. The monoisotopic (exact) mass is 310 g/mol. The van der Waals surface area contributed by atoms with E-state index in [1.807, 2.05) is 48.7 Å². The fourth-order valence-electron chi connectivity index (χ4n) is 2.29. The van der Waals surface area contributed by atoms with Crippen molar-refractivity contribution >= 4 is 11.5 Å². The van der Waals surface area contributed by atoms with E-state index in [1.165, 1.54) is 0 Å². The molecule has 0 saturated heterocycles. The Morgan fingerprint density at radius 2 is 1.91 bits per heavy atom. The number of carbonyl (C=O) groups is 1. The zero-order valence-corrected chi connectivity index (χ0v) is 12.8. The van der Waals surface area contributed by atoms with Crippen molar-refractivity contribution in [2.24, 2.45) is 0 Å². The number of nitrogens with one attached hydrogen (secondary N) is 2. The molecule has 2 heterocycles. The normalized spacial score (nSPS) is 10.5. The Balaban J connectivity index is 1.51. The molecule has 6 heteroatoms. The van der Waals surface area contributed by atoms with Gasteiger partial charge in [-0.3, -0.25) is 0 Å². The van der Waals surface area contributed by atoms with Crippen LogP contribution in [0.3, 0.4) is 0 Å². The Kier molecular flexibility index (Phi) is 4.42. The molecule has 3 aromatic rings. The van der Waals surface area contributed by atoms with E-state index in [-0.39, 0.29) is 6.03 Å². The Labute approximate surface area is 134 Å². The van der Waals surface area contributed by atoms with Crippen LogP contribution in [0.2, 0.25) is 0 Å². The highest BCUT2D eigenvalue weighted by Gasteiger charge is 2.05. The van der Waals surface area contributed by atoms with Crippen LogP contribution in [0.1, 0.15) is 11.1 Å². The predicted octanol–water partition coefficient (Wildman–Crippen LogP) is 2.34. The number of urea groups is 1. The van der Waals surface area contributed by atoms with E-state index in [1.54, 1.807) is 17.8 Å². The van der Waals surface area contributed by atoms with Crippen LogP contribution in [0.15, 0.2) is 54.9 Å². The van der Waals surface area contributed by atoms with Crippen molar-refractivity contribution < 1.29 is 9.53 Å². The first-order valence-electron chi connectivity index (χ1n) is 7.32. The Bertz CT molecular complexity index is 796. The first-order chi connectivity index (χ1) is 11.3. The Morgan fingerprint density at radius 3 is 2.70 bits per heavy atom. The van der Waals surface area contributed by atoms with Gasteiger partial charge in [-0.1, -0.05) is 18.2 Å². The van der Waals surface area contributed by atoms with Gasteiger partial charge in [-0.05, 0) is 29.8 Å². The lowest BCUT2D eigenvalue weighted by Crippen LogP contribution is -2.34. The summed E-state index contributed by atoms with van der Waals surface area (Å²) in [5, 5.41) is 9.91. The highest BCUT2D eigenvalue weighted by atomic mass is 16.5. The number of benzene rings is 1. The minimum absolute atomic E-state index is 0.212. The molecule has 6 nitrogen and oxygen atoms in total. The molecule has 1 aromatic carbocycles. The van der Waals surface area contributed by atoms with Crippen LogP contribution in [-0.2, 0) is 13.1 Å². The molecule has 0 bridgehead atoms. The fourth-order valence-corrected chi connectivity index (χ4v) is 2.29. The molecule has 2 aromatic heterocycles. The zero-order valence-electron chi connectivity index (χ0n) is 12.8. The molecular formula is C17H18N4O2. The van der Waals surface area contributed by atoms with Crippen molar-refractivity contribution in [1.82, 2.24) is 20.2 Å². The van der Waals surface area contributed by atoms with Crippen molar-refractivity contribution in [2.75, 3.05) is 7.11 Å². The number of rotatable bonds is 5. The maximum atomic E-state index is 11.9. The predicted molar refractivity (Wildman–Crippen MR) is 87.3 cm³/mol. The SMILES string of the molecule is COc1ccc(CNC(=O)NCc2cnn3ccccc23)cc1. The summed E-state index contributed by atoms with van der Waals surface area (Å²) in [6, 6.07) is 13.2. The van der Waals surface area contributed by atoms with Crippen LogP contribution in [0, 0.1) is 0 Å². The zero-order chi connectivity index (χ0) is 16.1. The summed E-state index contributed by atoms with van der Waals surface area (Å²) in [6.07, 6.45) is 3.64. The van der Waals surface area contributed by atoms with Crippen LogP contribution in [-0.4, -0.2) is 22.8 Å². The molecule has 0 radical (unpaired) electrons. The third-order valence-electron chi connectivity index (χ3n) is 3.56. The minimum atomic E-state index is -0.212. The van der Waals surface area contributed by atoms with Gasteiger partial charge >= 0.3 is 6.03 Å². The van der Waals surface area contributed by atoms with E-state index >= 15 is 0 Å².